The maximum Gasteiger partial charge on any atom is 0.344 e. The van der Waals surface area contributed by atoms with Gasteiger partial charge < -0.3 is 20.1 Å². The second-order valence-electron chi connectivity index (χ2n) is 5.62. The summed E-state index contributed by atoms with van der Waals surface area (Å²) in [7, 11) is 0. The zero-order chi connectivity index (χ0) is 19.8. The van der Waals surface area contributed by atoms with Gasteiger partial charge in [0.25, 0.3) is 5.91 Å². The maximum atomic E-state index is 12.1. The zero-order valence-electron chi connectivity index (χ0n) is 14.8. The molecule has 0 saturated heterocycles. The second-order valence-corrected chi connectivity index (χ2v) is 6.06. The normalized spacial score (nSPS) is 11.2. The molecule has 2 N–H and O–H groups in total. The van der Waals surface area contributed by atoms with E-state index in [-0.39, 0.29) is 12.5 Å². The Bertz CT molecular complexity index is 806. The van der Waals surface area contributed by atoms with Crippen molar-refractivity contribution in [2.24, 2.45) is 0 Å². The molecule has 0 aliphatic heterocycles. The third kappa shape index (κ3) is 6.99. The van der Waals surface area contributed by atoms with Gasteiger partial charge >= 0.3 is 5.97 Å². The highest BCUT2D eigenvalue weighted by Gasteiger charge is 2.18. The van der Waals surface area contributed by atoms with Crippen molar-refractivity contribution in [2.45, 2.75) is 20.0 Å². The minimum atomic E-state index is -0.999. The van der Waals surface area contributed by atoms with Gasteiger partial charge in [-0.2, -0.15) is 0 Å². The number of hydrogen-bond acceptors (Lipinski definition) is 5. The van der Waals surface area contributed by atoms with Crippen molar-refractivity contribution in [1.82, 2.24) is 0 Å². The van der Waals surface area contributed by atoms with Gasteiger partial charge in [0.1, 0.15) is 5.75 Å². The van der Waals surface area contributed by atoms with Crippen molar-refractivity contribution in [3.8, 4) is 5.75 Å². The summed E-state index contributed by atoms with van der Waals surface area (Å²) in [5.41, 5.74) is 1.12. The highest BCUT2D eigenvalue weighted by molar-refractivity contribution is 6.30. The molecule has 2 amide bonds. The highest BCUT2D eigenvalue weighted by Crippen LogP contribution is 2.16. The standard InChI is InChI=1S/C19H19ClN2O5/c1-12(27-18(24)11-26-17-9-3-14(20)4-10-17)19(25)22-16-7-5-15(6-8-16)21-13(2)23/h3-10,12H,11H2,1-2H3,(H,21,23)(H,22,25)/t12-/m0/s1. The van der Waals surface area contributed by atoms with E-state index in [1.165, 1.54) is 13.8 Å². The Hall–Kier alpha value is -3.06. The van der Waals surface area contributed by atoms with Gasteiger partial charge in [0, 0.05) is 23.3 Å². The average molecular weight is 391 g/mol. The van der Waals surface area contributed by atoms with Crippen molar-refractivity contribution in [1.29, 1.82) is 0 Å². The first-order valence-electron chi connectivity index (χ1n) is 8.10. The third-order valence-corrected chi connectivity index (χ3v) is 3.57. The van der Waals surface area contributed by atoms with Crippen LogP contribution in [0.5, 0.6) is 5.75 Å². The Labute approximate surface area is 161 Å². The van der Waals surface area contributed by atoms with E-state index in [1.54, 1.807) is 48.5 Å². The van der Waals surface area contributed by atoms with E-state index >= 15 is 0 Å². The van der Waals surface area contributed by atoms with Crippen LogP contribution in [0.1, 0.15) is 13.8 Å². The lowest BCUT2D eigenvalue weighted by Crippen LogP contribution is -2.31. The molecule has 27 heavy (non-hydrogen) atoms. The SMILES string of the molecule is CC(=O)Nc1ccc(NC(=O)[C@H](C)OC(=O)COc2ccc(Cl)cc2)cc1. The van der Waals surface area contributed by atoms with Crippen LogP contribution < -0.4 is 15.4 Å². The van der Waals surface area contributed by atoms with E-state index in [0.717, 1.165) is 0 Å². The van der Waals surface area contributed by atoms with Gasteiger partial charge in [0.05, 0.1) is 0 Å². The summed E-state index contributed by atoms with van der Waals surface area (Å²) < 4.78 is 10.3. The van der Waals surface area contributed by atoms with E-state index in [1.807, 2.05) is 0 Å². The summed E-state index contributed by atoms with van der Waals surface area (Å²) in [6, 6.07) is 13.1. The first-order chi connectivity index (χ1) is 12.8. The molecule has 0 aliphatic carbocycles. The molecule has 0 aromatic heterocycles. The number of ether oxygens (including phenoxy) is 2. The lowest BCUT2D eigenvalue weighted by molar-refractivity contribution is -0.155. The maximum absolute atomic E-state index is 12.1. The van der Waals surface area contributed by atoms with Crippen LogP contribution in [0.25, 0.3) is 0 Å². The number of rotatable bonds is 7. The van der Waals surface area contributed by atoms with E-state index in [2.05, 4.69) is 10.6 Å². The molecule has 0 heterocycles. The number of esters is 1. The van der Waals surface area contributed by atoms with Gasteiger partial charge in [-0.25, -0.2) is 4.79 Å². The van der Waals surface area contributed by atoms with Crippen molar-refractivity contribution < 1.29 is 23.9 Å². The van der Waals surface area contributed by atoms with Gasteiger partial charge in [0.2, 0.25) is 5.91 Å². The minimum Gasteiger partial charge on any atom is -0.482 e. The van der Waals surface area contributed by atoms with Crippen LogP contribution >= 0.6 is 11.6 Å². The number of nitrogens with one attached hydrogen (secondary N) is 2. The first kappa shape index (κ1) is 20.3. The quantitative estimate of drug-likeness (QED) is 0.708. The van der Waals surface area contributed by atoms with E-state index in [9.17, 15) is 14.4 Å². The van der Waals surface area contributed by atoms with E-state index < -0.39 is 18.0 Å². The van der Waals surface area contributed by atoms with Crippen molar-refractivity contribution in [3.05, 3.63) is 53.6 Å². The molecule has 2 aromatic rings. The Balaban J connectivity index is 1.79. The number of benzene rings is 2. The molecule has 142 valence electrons. The van der Waals surface area contributed by atoms with E-state index in [0.29, 0.717) is 22.1 Å². The number of carbonyl (C=O) groups is 3. The lowest BCUT2D eigenvalue weighted by atomic mass is 10.2. The molecule has 0 aliphatic rings. The molecule has 0 bridgehead atoms. The van der Waals surface area contributed by atoms with Gasteiger partial charge in [-0.3, -0.25) is 9.59 Å². The predicted molar refractivity (Wildman–Crippen MR) is 102 cm³/mol. The predicted octanol–water partition coefficient (Wildman–Crippen LogP) is 3.25. The Morgan fingerprint density at radius 2 is 1.52 bits per heavy atom. The fourth-order valence-electron chi connectivity index (χ4n) is 2.04. The number of anilines is 2. The van der Waals surface area contributed by atoms with Gasteiger partial charge in [-0.05, 0) is 55.5 Å². The molecule has 0 unspecified atom stereocenters. The fraction of sp³-hybridized carbons (Fsp3) is 0.211. The van der Waals surface area contributed by atoms with Crippen LogP contribution in [0.3, 0.4) is 0 Å². The zero-order valence-corrected chi connectivity index (χ0v) is 15.6. The van der Waals surface area contributed by atoms with Gasteiger partial charge in [-0.15, -0.1) is 0 Å². The summed E-state index contributed by atoms with van der Waals surface area (Å²) in [5.74, 6) is -0.878. The summed E-state index contributed by atoms with van der Waals surface area (Å²) in [6.07, 6.45) is -0.999. The highest BCUT2D eigenvalue weighted by atomic mass is 35.5. The molecular weight excluding hydrogens is 372 g/mol. The van der Waals surface area contributed by atoms with E-state index in [4.69, 9.17) is 21.1 Å². The van der Waals surface area contributed by atoms with Gasteiger partial charge in [-0.1, -0.05) is 11.6 Å². The molecule has 0 spiro atoms. The number of carbonyl (C=O) groups excluding carboxylic acids is 3. The number of hydrogen-bond donors (Lipinski definition) is 2. The van der Waals surface area contributed by atoms with Crippen LogP contribution in [0, 0.1) is 0 Å². The van der Waals surface area contributed by atoms with Crippen LogP contribution in [0.4, 0.5) is 11.4 Å². The summed E-state index contributed by atoms with van der Waals surface area (Å²) >= 11 is 5.77. The smallest absolute Gasteiger partial charge is 0.344 e. The Kier molecular flexibility index (Phi) is 7.19. The molecule has 1 atom stereocenters. The fourth-order valence-corrected chi connectivity index (χ4v) is 2.17. The average Bonchev–Trinajstić information content (AvgIpc) is 2.62. The minimum absolute atomic E-state index is 0.187. The Morgan fingerprint density at radius 3 is 2.07 bits per heavy atom. The number of halogens is 1. The largest absolute Gasteiger partial charge is 0.482 e. The molecule has 0 fully saturated rings. The molecule has 8 heteroatoms. The molecule has 2 rings (SSSR count). The lowest BCUT2D eigenvalue weighted by Gasteiger charge is -2.14. The van der Waals surface area contributed by atoms with Gasteiger partial charge in [0.15, 0.2) is 12.7 Å². The van der Waals surface area contributed by atoms with Crippen molar-refractivity contribution in [2.75, 3.05) is 17.2 Å². The van der Waals surface area contributed by atoms with Crippen LogP contribution in [-0.2, 0) is 19.1 Å². The molecule has 2 aromatic carbocycles. The molecule has 0 saturated carbocycles. The summed E-state index contributed by atoms with van der Waals surface area (Å²) in [6.45, 7) is 2.54. The topological polar surface area (TPSA) is 93.7 Å². The second kappa shape index (κ2) is 9.59. The molecule has 7 nitrogen and oxygen atoms in total. The Morgan fingerprint density at radius 1 is 0.963 bits per heavy atom. The van der Waals surface area contributed by atoms with Crippen molar-refractivity contribution >= 4 is 40.8 Å². The van der Waals surface area contributed by atoms with Crippen LogP contribution in [-0.4, -0.2) is 30.5 Å². The first-order valence-corrected chi connectivity index (χ1v) is 8.47. The summed E-state index contributed by atoms with van der Waals surface area (Å²) in [5, 5.41) is 5.80. The van der Waals surface area contributed by atoms with Crippen LogP contribution in [0.15, 0.2) is 48.5 Å². The van der Waals surface area contributed by atoms with Crippen molar-refractivity contribution in [3.63, 3.8) is 0 Å². The molecular formula is C19H19ClN2O5. The summed E-state index contributed by atoms with van der Waals surface area (Å²) in [4.78, 5) is 34.9. The molecule has 0 radical (unpaired) electrons. The third-order valence-electron chi connectivity index (χ3n) is 3.32. The number of amides is 2. The monoisotopic (exact) mass is 390 g/mol. The van der Waals surface area contributed by atoms with Crippen LogP contribution in [0.2, 0.25) is 5.02 Å².